The number of hydrogen-bond acceptors (Lipinski definition) is 8. The SMILES string of the molecule is COCCNC(=O)CSc1ccccc1C(=O)OCC(=O)Nc1sccc1C#N. The van der Waals surface area contributed by atoms with E-state index in [0.29, 0.717) is 28.6 Å². The first-order chi connectivity index (χ1) is 14.0. The van der Waals surface area contributed by atoms with Gasteiger partial charge in [-0.15, -0.1) is 23.1 Å². The van der Waals surface area contributed by atoms with Gasteiger partial charge >= 0.3 is 5.97 Å². The fourth-order valence-corrected chi connectivity index (χ4v) is 3.74. The summed E-state index contributed by atoms with van der Waals surface area (Å²) in [4.78, 5) is 36.7. The van der Waals surface area contributed by atoms with Crippen LogP contribution in [0.2, 0.25) is 0 Å². The molecule has 2 amide bonds. The molecular formula is C19H19N3O5S2. The fourth-order valence-electron chi connectivity index (χ4n) is 2.11. The first-order valence-corrected chi connectivity index (χ1v) is 10.3. The Balaban J connectivity index is 1.88. The van der Waals surface area contributed by atoms with E-state index in [2.05, 4.69) is 10.6 Å². The third kappa shape index (κ3) is 7.23. The number of nitrogens with one attached hydrogen (secondary N) is 2. The zero-order valence-corrected chi connectivity index (χ0v) is 17.2. The molecule has 1 aromatic heterocycles. The van der Waals surface area contributed by atoms with E-state index < -0.39 is 18.5 Å². The van der Waals surface area contributed by atoms with Gasteiger partial charge in [-0.2, -0.15) is 5.26 Å². The Kier molecular flexibility index (Phi) is 9.17. The lowest BCUT2D eigenvalue weighted by Gasteiger charge is -2.10. The smallest absolute Gasteiger partial charge is 0.339 e. The van der Waals surface area contributed by atoms with Gasteiger partial charge < -0.3 is 20.1 Å². The summed E-state index contributed by atoms with van der Waals surface area (Å²) in [6.45, 7) is 0.341. The van der Waals surface area contributed by atoms with E-state index in [1.807, 2.05) is 6.07 Å². The molecule has 2 N–H and O–H groups in total. The number of ether oxygens (including phenoxy) is 2. The number of nitrogens with zero attached hydrogens (tertiary/aromatic N) is 1. The summed E-state index contributed by atoms with van der Waals surface area (Å²) < 4.78 is 9.95. The first kappa shape index (κ1) is 22.4. The number of rotatable bonds is 10. The third-order valence-electron chi connectivity index (χ3n) is 3.47. The van der Waals surface area contributed by atoms with E-state index in [1.54, 1.807) is 42.8 Å². The van der Waals surface area contributed by atoms with Crippen molar-refractivity contribution in [3.8, 4) is 6.07 Å². The van der Waals surface area contributed by atoms with Gasteiger partial charge in [0.1, 0.15) is 11.1 Å². The highest BCUT2D eigenvalue weighted by Crippen LogP contribution is 2.24. The highest BCUT2D eigenvalue weighted by molar-refractivity contribution is 8.00. The minimum atomic E-state index is -0.672. The number of carbonyl (C=O) groups is 3. The lowest BCUT2D eigenvalue weighted by Crippen LogP contribution is -2.28. The van der Waals surface area contributed by atoms with Crippen LogP contribution in [-0.4, -0.2) is 50.4 Å². The van der Waals surface area contributed by atoms with Gasteiger partial charge in [0.25, 0.3) is 5.91 Å². The molecule has 8 nitrogen and oxygen atoms in total. The van der Waals surface area contributed by atoms with Crippen LogP contribution < -0.4 is 10.6 Å². The molecular weight excluding hydrogens is 414 g/mol. The number of anilines is 1. The predicted molar refractivity (Wildman–Crippen MR) is 110 cm³/mol. The van der Waals surface area contributed by atoms with Gasteiger partial charge in [-0.25, -0.2) is 4.79 Å². The van der Waals surface area contributed by atoms with E-state index in [0.717, 1.165) is 0 Å². The van der Waals surface area contributed by atoms with Crippen molar-refractivity contribution in [3.05, 3.63) is 46.8 Å². The second-order valence-corrected chi connectivity index (χ2v) is 7.46. The van der Waals surface area contributed by atoms with Crippen molar-refractivity contribution >= 4 is 45.9 Å². The molecule has 2 aromatic rings. The fraction of sp³-hybridized carbons (Fsp3) is 0.263. The van der Waals surface area contributed by atoms with Crippen LogP contribution in [0.15, 0.2) is 40.6 Å². The van der Waals surface area contributed by atoms with Crippen molar-refractivity contribution in [3.63, 3.8) is 0 Å². The van der Waals surface area contributed by atoms with Crippen LogP contribution in [0.5, 0.6) is 0 Å². The Bertz CT molecular complexity index is 907. The molecule has 0 fully saturated rings. The maximum Gasteiger partial charge on any atom is 0.339 e. The highest BCUT2D eigenvalue weighted by Gasteiger charge is 2.16. The van der Waals surface area contributed by atoms with E-state index >= 15 is 0 Å². The molecule has 0 saturated carbocycles. The normalized spacial score (nSPS) is 10.1. The largest absolute Gasteiger partial charge is 0.452 e. The van der Waals surface area contributed by atoms with Gasteiger partial charge in [-0.3, -0.25) is 9.59 Å². The standard InChI is InChI=1S/C19H19N3O5S2/c1-26-8-7-21-17(24)12-29-15-5-3-2-4-14(15)19(25)27-11-16(23)22-18-13(10-20)6-9-28-18/h2-6,9H,7-8,11-12H2,1H3,(H,21,24)(H,22,23). The van der Waals surface area contributed by atoms with Gasteiger partial charge in [0, 0.05) is 18.6 Å². The van der Waals surface area contributed by atoms with E-state index in [1.165, 1.54) is 23.1 Å². The number of methoxy groups -OCH3 is 1. The molecule has 152 valence electrons. The van der Waals surface area contributed by atoms with Crippen molar-refractivity contribution in [1.82, 2.24) is 5.32 Å². The van der Waals surface area contributed by atoms with Gasteiger partial charge in [-0.1, -0.05) is 12.1 Å². The minimum Gasteiger partial charge on any atom is -0.452 e. The molecule has 0 radical (unpaired) electrons. The Hall–Kier alpha value is -2.87. The molecule has 2 rings (SSSR count). The Morgan fingerprint density at radius 2 is 2.00 bits per heavy atom. The van der Waals surface area contributed by atoms with Crippen molar-refractivity contribution in [2.45, 2.75) is 4.90 Å². The van der Waals surface area contributed by atoms with Crippen molar-refractivity contribution in [2.24, 2.45) is 0 Å². The summed E-state index contributed by atoms with van der Waals surface area (Å²) >= 11 is 2.40. The summed E-state index contributed by atoms with van der Waals surface area (Å²) in [6.07, 6.45) is 0. The second-order valence-electron chi connectivity index (χ2n) is 5.53. The monoisotopic (exact) mass is 433 g/mol. The average Bonchev–Trinajstić information content (AvgIpc) is 3.18. The Morgan fingerprint density at radius 1 is 1.21 bits per heavy atom. The molecule has 0 aliphatic heterocycles. The predicted octanol–water partition coefficient (Wildman–Crippen LogP) is 2.27. The summed E-state index contributed by atoms with van der Waals surface area (Å²) in [7, 11) is 1.55. The molecule has 0 saturated heterocycles. The summed E-state index contributed by atoms with van der Waals surface area (Å²) in [5.74, 6) is -1.27. The molecule has 0 aliphatic rings. The van der Waals surface area contributed by atoms with Crippen LogP contribution in [0.1, 0.15) is 15.9 Å². The van der Waals surface area contributed by atoms with Crippen LogP contribution in [0.25, 0.3) is 0 Å². The van der Waals surface area contributed by atoms with E-state index in [4.69, 9.17) is 14.7 Å². The second kappa shape index (κ2) is 11.9. The number of carbonyl (C=O) groups excluding carboxylic acids is 3. The Morgan fingerprint density at radius 3 is 2.76 bits per heavy atom. The van der Waals surface area contributed by atoms with Crippen LogP contribution in [0.4, 0.5) is 5.00 Å². The lowest BCUT2D eigenvalue weighted by atomic mass is 10.2. The highest BCUT2D eigenvalue weighted by atomic mass is 32.2. The average molecular weight is 434 g/mol. The van der Waals surface area contributed by atoms with E-state index in [-0.39, 0.29) is 17.2 Å². The molecule has 0 unspecified atom stereocenters. The van der Waals surface area contributed by atoms with Gasteiger partial charge in [-0.05, 0) is 23.6 Å². The summed E-state index contributed by atoms with van der Waals surface area (Å²) in [6, 6.07) is 10.2. The number of thioether (sulfide) groups is 1. The number of thiophene rings is 1. The van der Waals surface area contributed by atoms with Crippen LogP contribution in [0, 0.1) is 11.3 Å². The van der Waals surface area contributed by atoms with E-state index in [9.17, 15) is 14.4 Å². The first-order valence-electron chi connectivity index (χ1n) is 8.47. The molecule has 0 aliphatic carbocycles. The number of amides is 2. The third-order valence-corrected chi connectivity index (χ3v) is 5.37. The minimum absolute atomic E-state index is 0.129. The van der Waals surface area contributed by atoms with Gasteiger partial charge in [0.2, 0.25) is 5.91 Å². The maximum absolute atomic E-state index is 12.4. The van der Waals surface area contributed by atoms with Crippen LogP contribution in [-0.2, 0) is 19.1 Å². The molecule has 1 heterocycles. The zero-order valence-electron chi connectivity index (χ0n) is 15.6. The number of benzene rings is 1. The van der Waals surface area contributed by atoms with Crippen LogP contribution >= 0.6 is 23.1 Å². The molecule has 29 heavy (non-hydrogen) atoms. The molecule has 0 atom stereocenters. The summed E-state index contributed by atoms with van der Waals surface area (Å²) in [5, 5.41) is 16.3. The number of hydrogen-bond donors (Lipinski definition) is 2. The summed E-state index contributed by atoms with van der Waals surface area (Å²) in [5.41, 5.74) is 0.615. The Labute approximate surface area is 176 Å². The van der Waals surface area contributed by atoms with Crippen molar-refractivity contribution in [1.29, 1.82) is 5.26 Å². The van der Waals surface area contributed by atoms with Gasteiger partial charge in [0.05, 0.1) is 23.5 Å². The lowest BCUT2D eigenvalue weighted by molar-refractivity contribution is -0.119. The maximum atomic E-state index is 12.4. The zero-order chi connectivity index (χ0) is 21.1. The molecule has 0 bridgehead atoms. The topological polar surface area (TPSA) is 118 Å². The van der Waals surface area contributed by atoms with Crippen molar-refractivity contribution < 1.29 is 23.9 Å². The molecule has 1 aromatic carbocycles. The molecule has 0 spiro atoms. The number of esters is 1. The van der Waals surface area contributed by atoms with Crippen LogP contribution in [0.3, 0.4) is 0 Å². The van der Waals surface area contributed by atoms with Gasteiger partial charge in [0.15, 0.2) is 6.61 Å². The number of nitriles is 1. The van der Waals surface area contributed by atoms with Crippen molar-refractivity contribution in [2.75, 3.05) is 37.9 Å². The molecule has 10 heteroatoms. The quantitative estimate of drug-likeness (QED) is 0.335.